The second-order valence-electron chi connectivity index (χ2n) is 6.09. The predicted molar refractivity (Wildman–Crippen MR) is 115 cm³/mol. The number of rotatable bonds is 7. The van der Waals surface area contributed by atoms with Gasteiger partial charge >= 0.3 is 0 Å². The molecule has 1 aliphatic heterocycles. The Balaban J connectivity index is 0.00000288. The van der Waals surface area contributed by atoms with E-state index < -0.39 is 0 Å². The predicted octanol–water partition coefficient (Wildman–Crippen LogP) is 2.39. The molecule has 1 aromatic rings. The normalized spacial score (nSPS) is 15.5. The molecule has 0 radical (unpaired) electrons. The molecular formula is C18H32IN5. The number of benzene rings is 1. The van der Waals surface area contributed by atoms with Gasteiger partial charge in [0.25, 0.3) is 0 Å². The van der Waals surface area contributed by atoms with Crippen LogP contribution in [0.3, 0.4) is 0 Å². The fourth-order valence-corrected chi connectivity index (χ4v) is 2.89. The third-order valence-electron chi connectivity index (χ3n) is 4.33. The molecule has 1 aliphatic rings. The Hall–Kier alpha value is -1.02. The Morgan fingerprint density at radius 3 is 2.42 bits per heavy atom. The molecule has 1 saturated heterocycles. The van der Waals surface area contributed by atoms with Gasteiger partial charge in [0.2, 0.25) is 0 Å². The van der Waals surface area contributed by atoms with Crippen molar-refractivity contribution in [1.29, 1.82) is 0 Å². The monoisotopic (exact) mass is 445 g/mol. The van der Waals surface area contributed by atoms with E-state index in [1.54, 1.807) is 0 Å². The second kappa shape index (κ2) is 12.4. The molecule has 0 atom stereocenters. The Morgan fingerprint density at radius 1 is 1.08 bits per heavy atom. The molecule has 0 bridgehead atoms. The summed E-state index contributed by atoms with van der Waals surface area (Å²) in [5.74, 6) is 0.892. The molecule has 0 amide bonds. The van der Waals surface area contributed by atoms with Gasteiger partial charge < -0.3 is 20.4 Å². The van der Waals surface area contributed by atoms with Crippen molar-refractivity contribution in [2.45, 2.75) is 19.3 Å². The van der Waals surface area contributed by atoms with Crippen molar-refractivity contribution in [3.05, 3.63) is 30.3 Å². The molecule has 0 saturated carbocycles. The minimum absolute atomic E-state index is 0. The van der Waals surface area contributed by atoms with Gasteiger partial charge in [-0.1, -0.05) is 24.6 Å². The van der Waals surface area contributed by atoms with Crippen molar-refractivity contribution < 1.29 is 0 Å². The minimum atomic E-state index is 0. The second-order valence-corrected chi connectivity index (χ2v) is 6.09. The standard InChI is InChI=1S/C18H31N5.HI/c1-19-18(21-12-16-23-13-7-4-8-14-23)20-11-15-22(2)17-9-5-3-6-10-17;/h3,5-6,9-10H,4,7-8,11-16H2,1-2H3,(H2,19,20,21);1H. The maximum Gasteiger partial charge on any atom is 0.191 e. The Bertz CT molecular complexity index is 460. The van der Waals surface area contributed by atoms with Crippen molar-refractivity contribution >= 4 is 35.6 Å². The highest BCUT2D eigenvalue weighted by Crippen LogP contribution is 2.09. The molecule has 0 spiro atoms. The third kappa shape index (κ3) is 7.70. The lowest BCUT2D eigenvalue weighted by Gasteiger charge is -2.26. The molecular weight excluding hydrogens is 413 g/mol. The van der Waals surface area contributed by atoms with Crippen LogP contribution in [-0.2, 0) is 0 Å². The van der Waals surface area contributed by atoms with Crippen LogP contribution in [0.2, 0.25) is 0 Å². The van der Waals surface area contributed by atoms with Gasteiger partial charge in [0.05, 0.1) is 0 Å². The van der Waals surface area contributed by atoms with Crippen molar-refractivity contribution in [2.24, 2.45) is 4.99 Å². The largest absolute Gasteiger partial charge is 0.373 e. The van der Waals surface area contributed by atoms with Crippen molar-refractivity contribution in [2.75, 3.05) is 58.3 Å². The molecule has 1 heterocycles. The average molecular weight is 445 g/mol. The fourth-order valence-electron chi connectivity index (χ4n) is 2.89. The van der Waals surface area contributed by atoms with Crippen LogP contribution >= 0.6 is 24.0 Å². The van der Waals surface area contributed by atoms with Crippen LogP contribution in [0.4, 0.5) is 5.69 Å². The summed E-state index contributed by atoms with van der Waals surface area (Å²) in [4.78, 5) is 9.08. The van der Waals surface area contributed by atoms with Gasteiger partial charge in [-0.3, -0.25) is 4.99 Å². The lowest BCUT2D eigenvalue weighted by atomic mass is 10.1. The van der Waals surface area contributed by atoms with Gasteiger partial charge in [-0.15, -0.1) is 24.0 Å². The number of piperidine rings is 1. The van der Waals surface area contributed by atoms with E-state index in [2.05, 4.69) is 56.7 Å². The number of hydrogen-bond donors (Lipinski definition) is 2. The first-order valence-corrected chi connectivity index (χ1v) is 8.72. The number of guanidine groups is 1. The maximum absolute atomic E-state index is 4.30. The minimum Gasteiger partial charge on any atom is -0.373 e. The number of nitrogens with zero attached hydrogens (tertiary/aromatic N) is 3. The molecule has 0 unspecified atom stereocenters. The summed E-state index contributed by atoms with van der Waals surface area (Å²) in [6.45, 7) is 6.36. The first-order valence-electron chi connectivity index (χ1n) is 8.72. The lowest BCUT2D eigenvalue weighted by molar-refractivity contribution is 0.232. The van der Waals surface area contributed by atoms with Crippen LogP contribution in [0.1, 0.15) is 19.3 Å². The zero-order valence-corrected chi connectivity index (χ0v) is 17.3. The number of aliphatic imine (C=N–C) groups is 1. The zero-order valence-electron chi connectivity index (χ0n) is 15.0. The summed E-state index contributed by atoms with van der Waals surface area (Å²) in [6, 6.07) is 10.4. The van der Waals surface area contributed by atoms with Crippen LogP contribution in [0, 0.1) is 0 Å². The van der Waals surface area contributed by atoms with E-state index in [1.165, 1.54) is 38.0 Å². The van der Waals surface area contributed by atoms with Crippen LogP contribution < -0.4 is 15.5 Å². The zero-order chi connectivity index (χ0) is 16.3. The van der Waals surface area contributed by atoms with Gasteiger partial charge in [0.1, 0.15) is 0 Å². The average Bonchev–Trinajstić information content (AvgIpc) is 2.62. The van der Waals surface area contributed by atoms with E-state index in [0.717, 1.165) is 32.1 Å². The molecule has 0 aromatic heterocycles. The molecule has 1 fully saturated rings. The van der Waals surface area contributed by atoms with E-state index in [0.29, 0.717) is 0 Å². The van der Waals surface area contributed by atoms with Gasteiger partial charge in [0.15, 0.2) is 5.96 Å². The fraction of sp³-hybridized carbons (Fsp3) is 0.611. The molecule has 24 heavy (non-hydrogen) atoms. The molecule has 5 nitrogen and oxygen atoms in total. The molecule has 136 valence electrons. The summed E-state index contributed by atoms with van der Waals surface area (Å²) in [6.07, 6.45) is 4.08. The first-order chi connectivity index (χ1) is 11.3. The molecule has 6 heteroatoms. The SMILES string of the molecule is CN=C(NCCN1CCCCC1)NCCN(C)c1ccccc1.I. The van der Waals surface area contributed by atoms with Gasteiger partial charge in [-0.25, -0.2) is 0 Å². The third-order valence-corrected chi connectivity index (χ3v) is 4.33. The highest BCUT2D eigenvalue weighted by atomic mass is 127. The highest BCUT2D eigenvalue weighted by Gasteiger charge is 2.09. The number of halogens is 1. The van der Waals surface area contributed by atoms with Gasteiger partial charge in [-0.05, 0) is 38.1 Å². The summed E-state index contributed by atoms with van der Waals surface area (Å²) in [5, 5.41) is 6.80. The van der Waals surface area contributed by atoms with Crippen molar-refractivity contribution in [3.63, 3.8) is 0 Å². The lowest BCUT2D eigenvalue weighted by Crippen LogP contribution is -2.44. The van der Waals surface area contributed by atoms with E-state index in [9.17, 15) is 0 Å². The molecule has 0 aliphatic carbocycles. The number of likely N-dealkylation sites (tertiary alicyclic amines) is 1. The van der Waals surface area contributed by atoms with E-state index in [-0.39, 0.29) is 24.0 Å². The molecule has 1 aromatic carbocycles. The smallest absolute Gasteiger partial charge is 0.191 e. The van der Waals surface area contributed by atoms with Crippen LogP contribution in [0.15, 0.2) is 35.3 Å². The molecule has 2 rings (SSSR count). The first kappa shape index (κ1) is 21.0. The Kier molecular flexibility index (Phi) is 10.8. The number of anilines is 1. The number of hydrogen-bond acceptors (Lipinski definition) is 3. The Labute approximate surface area is 163 Å². The van der Waals surface area contributed by atoms with Gasteiger partial charge in [0, 0.05) is 46.0 Å². The van der Waals surface area contributed by atoms with Crippen LogP contribution in [0.25, 0.3) is 0 Å². The summed E-state index contributed by atoms with van der Waals surface area (Å²) in [5.41, 5.74) is 1.24. The number of para-hydroxylation sites is 1. The Morgan fingerprint density at radius 2 is 1.75 bits per heavy atom. The van der Waals surface area contributed by atoms with Crippen LogP contribution in [0.5, 0.6) is 0 Å². The number of likely N-dealkylation sites (N-methyl/N-ethyl adjacent to an activating group) is 1. The van der Waals surface area contributed by atoms with Crippen molar-refractivity contribution in [3.8, 4) is 0 Å². The van der Waals surface area contributed by atoms with E-state index >= 15 is 0 Å². The highest BCUT2D eigenvalue weighted by molar-refractivity contribution is 14.0. The number of nitrogens with one attached hydrogen (secondary N) is 2. The van der Waals surface area contributed by atoms with Gasteiger partial charge in [-0.2, -0.15) is 0 Å². The quantitative estimate of drug-likeness (QED) is 0.385. The maximum atomic E-state index is 4.30. The van der Waals surface area contributed by atoms with E-state index in [4.69, 9.17) is 0 Å². The summed E-state index contributed by atoms with van der Waals surface area (Å²) >= 11 is 0. The molecule has 2 N–H and O–H groups in total. The van der Waals surface area contributed by atoms with E-state index in [1.807, 2.05) is 13.1 Å². The van der Waals surface area contributed by atoms with Crippen molar-refractivity contribution in [1.82, 2.24) is 15.5 Å². The summed E-state index contributed by atoms with van der Waals surface area (Å²) < 4.78 is 0. The topological polar surface area (TPSA) is 42.9 Å². The summed E-state index contributed by atoms with van der Waals surface area (Å²) in [7, 11) is 3.95. The van der Waals surface area contributed by atoms with Crippen LogP contribution in [-0.4, -0.2) is 64.2 Å².